The molecule has 0 aliphatic carbocycles. The molecular formula is C17H24N2O5S. The Kier molecular flexibility index (Phi) is 5.61. The number of amides is 1. The molecule has 8 heteroatoms. The summed E-state index contributed by atoms with van der Waals surface area (Å²) in [6.45, 7) is 2.17. The number of rotatable bonds is 6. The molecule has 1 aromatic rings. The number of nitrogens with zero attached hydrogens (tertiary/aromatic N) is 1. The first-order valence-corrected chi connectivity index (χ1v) is 10.0. The maximum atomic E-state index is 12.7. The highest BCUT2D eigenvalue weighted by molar-refractivity contribution is 7.89. The fraction of sp³-hybridized carbons (Fsp3) is 0.588. The van der Waals surface area contributed by atoms with Gasteiger partial charge in [-0.15, -0.1) is 0 Å². The van der Waals surface area contributed by atoms with Gasteiger partial charge in [-0.2, -0.15) is 4.31 Å². The van der Waals surface area contributed by atoms with Crippen LogP contribution in [0.1, 0.15) is 36.0 Å². The van der Waals surface area contributed by atoms with Crippen LogP contribution in [0.3, 0.4) is 0 Å². The standard InChI is InChI=1S/C17H24N2O5S/c1-23-16-7-6-14(25(21,22)19-8-2-3-9-19)11-15(16)17(20)18-12-13-5-4-10-24-13/h6-7,11,13H,2-5,8-10,12H2,1H3,(H,18,20). The number of hydrogen-bond acceptors (Lipinski definition) is 5. The lowest BCUT2D eigenvalue weighted by atomic mass is 10.1. The number of ether oxygens (including phenoxy) is 2. The van der Waals surface area contributed by atoms with Crippen molar-refractivity contribution in [2.75, 3.05) is 33.4 Å². The second-order valence-electron chi connectivity index (χ2n) is 6.32. The topological polar surface area (TPSA) is 84.9 Å². The predicted octanol–water partition coefficient (Wildman–Crippen LogP) is 1.39. The van der Waals surface area contributed by atoms with E-state index < -0.39 is 10.0 Å². The van der Waals surface area contributed by atoms with E-state index in [1.54, 1.807) is 0 Å². The van der Waals surface area contributed by atoms with Gasteiger partial charge in [0.25, 0.3) is 5.91 Å². The molecule has 0 aromatic heterocycles. The van der Waals surface area contributed by atoms with Crippen molar-refractivity contribution < 1.29 is 22.7 Å². The van der Waals surface area contributed by atoms with Crippen LogP contribution in [0.15, 0.2) is 23.1 Å². The molecule has 2 aliphatic heterocycles. The quantitative estimate of drug-likeness (QED) is 0.820. The SMILES string of the molecule is COc1ccc(S(=O)(=O)N2CCCC2)cc1C(=O)NCC1CCCO1. The molecule has 1 N–H and O–H groups in total. The van der Waals surface area contributed by atoms with Crippen LogP contribution in [0, 0.1) is 0 Å². The Morgan fingerprint density at radius 2 is 2.08 bits per heavy atom. The summed E-state index contributed by atoms with van der Waals surface area (Å²) in [7, 11) is -2.12. The van der Waals surface area contributed by atoms with Gasteiger partial charge in [0.2, 0.25) is 10.0 Å². The third-order valence-electron chi connectivity index (χ3n) is 4.63. The number of sulfonamides is 1. The van der Waals surface area contributed by atoms with Gasteiger partial charge in [0, 0.05) is 26.2 Å². The van der Waals surface area contributed by atoms with Crippen LogP contribution in [0.25, 0.3) is 0 Å². The van der Waals surface area contributed by atoms with Crippen molar-refractivity contribution in [1.29, 1.82) is 0 Å². The molecule has 1 unspecified atom stereocenters. The van der Waals surface area contributed by atoms with Crippen LogP contribution in [0.5, 0.6) is 5.75 Å². The molecule has 2 saturated heterocycles. The first-order chi connectivity index (χ1) is 12.0. The summed E-state index contributed by atoms with van der Waals surface area (Å²) in [4.78, 5) is 12.6. The highest BCUT2D eigenvalue weighted by atomic mass is 32.2. The number of nitrogens with one attached hydrogen (secondary N) is 1. The maximum absolute atomic E-state index is 12.7. The molecule has 138 valence electrons. The Labute approximate surface area is 148 Å². The van der Waals surface area contributed by atoms with E-state index in [0.29, 0.717) is 32.0 Å². The van der Waals surface area contributed by atoms with Crippen LogP contribution < -0.4 is 10.1 Å². The van der Waals surface area contributed by atoms with Gasteiger partial charge < -0.3 is 14.8 Å². The van der Waals surface area contributed by atoms with Gasteiger partial charge in [0.1, 0.15) is 5.75 Å². The average molecular weight is 368 g/mol. The molecule has 0 bridgehead atoms. The van der Waals surface area contributed by atoms with Crippen molar-refractivity contribution in [3.63, 3.8) is 0 Å². The lowest BCUT2D eigenvalue weighted by Crippen LogP contribution is -2.32. The van der Waals surface area contributed by atoms with Gasteiger partial charge in [-0.1, -0.05) is 0 Å². The van der Waals surface area contributed by atoms with Gasteiger partial charge in [-0.25, -0.2) is 8.42 Å². The van der Waals surface area contributed by atoms with Crippen LogP contribution in [-0.2, 0) is 14.8 Å². The highest BCUT2D eigenvalue weighted by Crippen LogP contribution is 2.26. The third kappa shape index (κ3) is 3.96. The van der Waals surface area contributed by atoms with E-state index in [1.807, 2.05) is 0 Å². The fourth-order valence-corrected chi connectivity index (χ4v) is 4.75. The Hall–Kier alpha value is -1.64. The third-order valence-corrected chi connectivity index (χ3v) is 6.53. The lowest BCUT2D eigenvalue weighted by molar-refractivity contribution is 0.0855. The van der Waals surface area contributed by atoms with Gasteiger partial charge in [0.15, 0.2) is 0 Å². The van der Waals surface area contributed by atoms with Crippen molar-refractivity contribution >= 4 is 15.9 Å². The Morgan fingerprint density at radius 3 is 2.72 bits per heavy atom. The number of hydrogen-bond donors (Lipinski definition) is 1. The molecule has 0 saturated carbocycles. The second kappa shape index (κ2) is 7.72. The molecular weight excluding hydrogens is 344 g/mol. The smallest absolute Gasteiger partial charge is 0.255 e. The molecule has 3 rings (SSSR count). The molecule has 7 nitrogen and oxygen atoms in total. The molecule has 1 aromatic carbocycles. The molecule has 2 fully saturated rings. The summed E-state index contributed by atoms with van der Waals surface area (Å²) in [6, 6.07) is 4.42. The van der Waals surface area contributed by atoms with E-state index in [0.717, 1.165) is 25.7 Å². The molecule has 0 spiro atoms. The van der Waals surface area contributed by atoms with Crippen LogP contribution in [0.2, 0.25) is 0 Å². The van der Waals surface area contributed by atoms with Gasteiger partial charge in [-0.05, 0) is 43.9 Å². The maximum Gasteiger partial charge on any atom is 0.255 e. The largest absolute Gasteiger partial charge is 0.496 e. The van der Waals surface area contributed by atoms with Crippen molar-refractivity contribution in [1.82, 2.24) is 9.62 Å². The minimum absolute atomic E-state index is 0.0199. The fourth-order valence-electron chi connectivity index (χ4n) is 3.21. The van der Waals surface area contributed by atoms with E-state index in [2.05, 4.69) is 5.32 Å². The lowest BCUT2D eigenvalue weighted by Gasteiger charge is -2.17. The molecule has 0 radical (unpaired) electrons. The molecule has 1 atom stereocenters. The van der Waals surface area contributed by atoms with E-state index in [4.69, 9.17) is 9.47 Å². The van der Waals surface area contributed by atoms with Crippen molar-refractivity contribution in [3.8, 4) is 5.75 Å². The zero-order valence-electron chi connectivity index (χ0n) is 14.4. The monoisotopic (exact) mass is 368 g/mol. The number of benzene rings is 1. The molecule has 1 amide bonds. The zero-order valence-corrected chi connectivity index (χ0v) is 15.2. The van der Waals surface area contributed by atoms with E-state index in [1.165, 1.54) is 29.6 Å². The van der Waals surface area contributed by atoms with E-state index >= 15 is 0 Å². The number of methoxy groups -OCH3 is 1. The van der Waals surface area contributed by atoms with Gasteiger partial charge in [-0.3, -0.25) is 4.79 Å². The van der Waals surface area contributed by atoms with Crippen molar-refractivity contribution in [2.45, 2.75) is 36.7 Å². The summed E-state index contributed by atoms with van der Waals surface area (Å²) >= 11 is 0. The summed E-state index contributed by atoms with van der Waals surface area (Å²) in [5.41, 5.74) is 0.223. The first-order valence-electron chi connectivity index (χ1n) is 8.60. The minimum Gasteiger partial charge on any atom is -0.496 e. The predicted molar refractivity (Wildman–Crippen MR) is 92.3 cm³/mol. The Morgan fingerprint density at radius 1 is 1.32 bits per heavy atom. The van der Waals surface area contributed by atoms with E-state index in [9.17, 15) is 13.2 Å². The van der Waals surface area contributed by atoms with E-state index in [-0.39, 0.29) is 22.5 Å². The van der Waals surface area contributed by atoms with Gasteiger partial charge in [0.05, 0.1) is 23.7 Å². The normalized spacial score (nSPS) is 21.4. The first kappa shape index (κ1) is 18.2. The Bertz CT molecular complexity index is 723. The molecule has 2 aliphatic rings. The molecule has 2 heterocycles. The summed E-state index contributed by atoms with van der Waals surface area (Å²) in [6.07, 6.45) is 3.66. The summed E-state index contributed by atoms with van der Waals surface area (Å²) < 4.78 is 37.6. The van der Waals surface area contributed by atoms with Crippen LogP contribution in [-0.4, -0.2) is 58.1 Å². The second-order valence-corrected chi connectivity index (χ2v) is 8.26. The highest BCUT2D eigenvalue weighted by Gasteiger charge is 2.28. The van der Waals surface area contributed by atoms with Crippen molar-refractivity contribution in [2.24, 2.45) is 0 Å². The minimum atomic E-state index is -3.58. The van der Waals surface area contributed by atoms with Crippen LogP contribution in [0.4, 0.5) is 0 Å². The summed E-state index contributed by atoms with van der Waals surface area (Å²) in [5, 5.41) is 2.81. The average Bonchev–Trinajstić information content (AvgIpc) is 3.32. The number of carbonyl (C=O) groups is 1. The zero-order chi connectivity index (χ0) is 17.9. The van der Waals surface area contributed by atoms with Crippen LogP contribution >= 0.6 is 0 Å². The number of carbonyl (C=O) groups excluding carboxylic acids is 1. The summed E-state index contributed by atoms with van der Waals surface area (Å²) in [5.74, 6) is -0.00367. The van der Waals surface area contributed by atoms with Gasteiger partial charge >= 0.3 is 0 Å². The Balaban J connectivity index is 1.80. The molecule has 25 heavy (non-hydrogen) atoms. The van der Waals surface area contributed by atoms with Crippen molar-refractivity contribution in [3.05, 3.63) is 23.8 Å².